The summed E-state index contributed by atoms with van der Waals surface area (Å²) < 4.78 is 10.0. The number of benzene rings is 3. The molecule has 0 saturated heterocycles. The third-order valence-corrected chi connectivity index (χ3v) is 7.08. The van der Waals surface area contributed by atoms with Crippen LogP contribution < -0.4 is 15.8 Å². The molecule has 0 aromatic heterocycles. The number of halogens is 5. The molecule has 1 nitrogen and oxygen atoms in total. The van der Waals surface area contributed by atoms with Crippen molar-refractivity contribution in [1.29, 1.82) is 0 Å². The molecule has 3 aromatic rings. The molecule has 4 rings (SSSR count). The van der Waals surface area contributed by atoms with Crippen molar-refractivity contribution in [2.75, 3.05) is 7.11 Å². The van der Waals surface area contributed by atoms with Crippen LogP contribution in [-0.4, -0.2) is 117 Å². The largest absolute Gasteiger partial charge is 0.316 e. The molecule has 3 aromatic carbocycles. The molecule has 1 fully saturated rings. The Morgan fingerprint density at radius 1 is 0.595 bits per heavy atom. The van der Waals surface area contributed by atoms with Gasteiger partial charge in [0.25, 0.3) is 0 Å². The van der Waals surface area contributed by atoms with E-state index >= 15 is 0 Å². The summed E-state index contributed by atoms with van der Waals surface area (Å²) >= 11 is 7.86. The van der Waals surface area contributed by atoms with Crippen molar-refractivity contribution >= 4 is 206 Å². The minimum atomic E-state index is 0. The smallest absolute Gasteiger partial charge is 0.316 e. The minimum absolute atomic E-state index is 0. The van der Waals surface area contributed by atoms with Crippen molar-refractivity contribution in [2.24, 2.45) is 0 Å². The van der Waals surface area contributed by atoms with E-state index in [-0.39, 0.29) is 108 Å². The van der Waals surface area contributed by atoms with E-state index in [1.54, 1.807) is 7.11 Å². The summed E-state index contributed by atoms with van der Waals surface area (Å²) in [5, 5.41) is 0. The maximum atomic E-state index is 4.97. The SMILES string of the molecule is Br.Br.Br.Br.Br.COc1cc[c]([Mg+])cc1.Cc1cc[c]([Mg+])cc1.[Mg+][CH]1CCCCC1.[Mg+][c]1ccccc1.[MgH2]. The second-order valence-electron chi connectivity index (χ2n) is 7.82. The molecule has 0 aliphatic heterocycles. The molecule has 37 heavy (non-hydrogen) atoms. The molecule has 0 atom stereocenters. The summed E-state index contributed by atoms with van der Waals surface area (Å²) in [6, 6.07) is 26.8. The topological polar surface area (TPSA) is 9.23 Å². The van der Waals surface area contributed by atoms with E-state index in [0.717, 1.165) is 9.80 Å². The Hall–Kier alpha value is 3.69. The van der Waals surface area contributed by atoms with Crippen LogP contribution in [0.15, 0.2) is 78.9 Å². The molecule has 0 amide bonds. The van der Waals surface area contributed by atoms with Crippen LogP contribution in [0.25, 0.3) is 0 Å². The first-order chi connectivity index (χ1) is 14.9. The summed E-state index contributed by atoms with van der Waals surface area (Å²) in [4.78, 5) is 0. The van der Waals surface area contributed by atoms with E-state index in [0.29, 0.717) is 0 Å². The maximum absolute atomic E-state index is 4.97. The molecule has 0 radical (unpaired) electrons. The van der Waals surface area contributed by atoms with Crippen LogP contribution in [-0.2, 0) is 0 Å². The normalized spacial score (nSPS) is 10.8. The van der Waals surface area contributed by atoms with Gasteiger partial charge in [0.1, 0.15) is 0 Å². The first kappa shape index (κ1) is 53.3. The molecule has 0 heterocycles. The van der Waals surface area contributed by atoms with E-state index in [4.69, 9.17) is 4.74 Å². The third-order valence-electron chi connectivity index (χ3n) is 4.85. The zero-order chi connectivity index (χ0) is 22.9. The summed E-state index contributed by atoms with van der Waals surface area (Å²) in [5.74, 6) is 0.922. The number of rotatable bonds is 1. The Morgan fingerprint density at radius 2 is 0.973 bits per heavy atom. The molecule has 0 spiro atoms. The van der Waals surface area contributed by atoms with Gasteiger partial charge in [-0.25, -0.2) is 0 Å². The van der Waals surface area contributed by atoms with Gasteiger partial charge in [0, 0.05) is 0 Å². The molecule has 0 unspecified atom stereocenters. The van der Waals surface area contributed by atoms with Gasteiger partial charge >= 0.3 is 266 Å². The van der Waals surface area contributed by atoms with Crippen molar-refractivity contribution in [3.05, 3.63) is 84.4 Å². The van der Waals surface area contributed by atoms with E-state index in [2.05, 4.69) is 65.0 Å². The Morgan fingerprint density at radius 3 is 1.24 bits per heavy atom. The summed E-state index contributed by atoms with van der Waals surface area (Å²) in [6.07, 6.45) is 7.48. The summed E-state index contributed by atoms with van der Waals surface area (Å²) in [6.45, 7) is 2.10. The van der Waals surface area contributed by atoms with Crippen molar-refractivity contribution in [3.8, 4) is 5.75 Å². The fourth-order valence-corrected chi connectivity index (χ4v) is 4.20. The monoisotopic (exact) mass is 880 g/mol. The molecule has 1 saturated carbocycles. The maximum Gasteiger partial charge on any atom is 0.316 e. The predicted octanol–water partition coefficient (Wildman–Crippen LogP) is 5.64. The fourth-order valence-electron chi connectivity index (χ4n) is 2.88. The Bertz CT molecular complexity index is 802. The number of hydrogen-bond acceptors (Lipinski definition) is 1. The standard InChI is InChI=1S/C7H7O.C7H7.C6H11.C6H5.5BrH.5Mg.2H/c1-8-7-5-3-2-4-6-7;1-7-5-3-2-4-6-7;2*1-2-4-6-5-3-1;;;;;;;;;;;;/h3-6H,1H3;3-6H,1H3;1H,2-6H2;1-5H;5*1H;;;;;;;/q;;;;;;;;;;4*+1;;. The molecular formula is C26H37Br5Mg5O+4. The van der Waals surface area contributed by atoms with Gasteiger partial charge in [-0.3, -0.25) is 0 Å². The third kappa shape index (κ3) is 32.4. The van der Waals surface area contributed by atoms with Crippen LogP contribution in [0.4, 0.5) is 0 Å². The van der Waals surface area contributed by atoms with Crippen LogP contribution >= 0.6 is 84.9 Å². The van der Waals surface area contributed by atoms with Crippen molar-refractivity contribution in [2.45, 2.75) is 43.1 Å². The van der Waals surface area contributed by atoms with E-state index < -0.39 is 0 Å². The molecule has 11 heteroatoms. The average Bonchev–Trinajstić information content (AvgIpc) is 2.79. The first-order valence-electron chi connectivity index (χ1n) is 11.0. The molecule has 0 bridgehead atoms. The number of aryl methyl sites for hydroxylation is 1. The van der Waals surface area contributed by atoms with Gasteiger partial charge in [0.15, 0.2) is 0 Å². The molecule has 1 aliphatic carbocycles. The van der Waals surface area contributed by atoms with Gasteiger partial charge in [-0.05, 0) is 0 Å². The number of methoxy groups -OCH3 is 1. The molecule has 0 N–H and O–H groups in total. The van der Waals surface area contributed by atoms with Crippen molar-refractivity contribution in [3.63, 3.8) is 0 Å². The van der Waals surface area contributed by atoms with Gasteiger partial charge < -0.3 is 0 Å². The Labute approximate surface area is 345 Å². The molecule has 188 valence electrons. The van der Waals surface area contributed by atoms with Crippen molar-refractivity contribution < 1.29 is 4.74 Å². The number of hydrogen-bond donors (Lipinski definition) is 0. The van der Waals surface area contributed by atoms with Crippen LogP contribution in [0.2, 0.25) is 4.05 Å². The van der Waals surface area contributed by atoms with Crippen LogP contribution in [0.3, 0.4) is 0 Å². The first-order valence-corrected chi connectivity index (χ1v) is 13.9. The van der Waals surface area contributed by atoms with E-state index in [1.165, 1.54) is 48.7 Å². The van der Waals surface area contributed by atoms with Gasteiger partial charge in [0.05, 0.1) is 0 Å². The van der Waals surface area contributed by atoms with E-state index in [1.807, 2.05) is 108 Å². The fraction of sp³-hybridized carbons (Fsp3) is 0.308. The summed E-state index contributed by atoms with van der Waals surface area (Å²) in [5.41, 5.74) is 1.33. The summed E-state index contributed by atoms with van der Waals surface area (Å²) in [7, 11) is 1.67. The average molecular weight is 887 g/mol. The molecular weight excluding hydrogens is 849 g/mol. The van der Waals surface area contributed by atoms with E-state index in [9.17, 15) is 0 Å². The Balaban J connectivity index is -0.0000000825. The van der Waals surface area contributed by atoms with Gasteiger partial charge in [-0.2, -0.15) is 0 Å². The van der Waals surface area contributed by atoms with Crippen LogP contribution in [0, 0.1) is 6.92 Å². The van der Waals surface area contributed by atoms with Crippen LogP contribution in [0.5, 0.6) is 5.75 Å². The predicted molar refractivity (Wildman–Crippen MR) is 200 cm³/mol. The zero-order valence-electron chi connectivity index (χ0n) is 21.4. The number of ether oxygens (including phenoxy) is 1. The quantitative estimate of drug-likeness (QED) is 0.288. The van der Waals surface area contributed by atoms with Gasteiger partial charge in [0.2, 0.25) is 0 Å². The molecule has 1 aliphatic rings. The van der Waals surface area contributed by atoms with Gasteiger partial charge in [-0.1, -0.05) is 0 Å². The minimum Gasteiger partial charge on any atom is 0.316 e. The second kappa shape index (κ2) is 35.9. The second-order valence-corrected chi connectivity index (χ2v) is 11.4. The Kier molecular flexibility index (Phi) is 51.7. The van der Waals surface area contributed by atoms with Crippen molar-refractivity contribution in [1.82, 2.24) is 0 Å². The van der Waals surface area contributed by atoms with Crippen LogP contribution in [0.1, 0.15) is 37.7 Å². The zero-order valence-corrected chi connectivity index (χ0v) is 35.6. The van der Waals surface area contributed by atoms with Gasteiger partial charge in [-0.15, -0.1) is 84.9 Å².